The molecule has 138 valence electrons. The molecule has 0 saturated carbocycles. The first-order valence-electron chi connectivity index (χ1n) is 8.64. The highest BCUT2D eigenvalue weighted by molar-refractivity contribution is 7.89. The third-order valence-electron chi connectivity index (χ3n) is 4.45. The second-order valence-corrected chi connectivity index (χ2v) is 8.14. The van der Waals surface area contributed by atoms with Gasteiger partial charge in [-0.15, -0.1) is 0 Å². The summed E-state index contributed by atoms with van der Waals surface area (Å²) < 4.78 is 27.8. The zero-order valence-electron chi connectivity index (χ0n) is 14.7. The number of hydrogen-bond donors (Lipinski definition) is 2. The molecule has 0 atom stereocenters. The Bertz CT molecular complexity index is 882. The molecule has 0 saturated heterocycles. The lowest BCUT2D eigenvalue weighted by atomic mass is 10.1. The number of hydrogen-bond acceptors (Lipinski definition) is 4. The van der Waals surface area contributed by atoms with E-state index in [-0.39, 0.29) is 10.8 Å². The lowest BCUT2D eigenvalue weighted by Crippen LogP contribution is -2.33. The van der Waals surface area contributed by atoms with Gasteiger partial charge in [0.05, 0.1) is 4.90 Å². The zero-order chi connectivity index (χ0) is 18.6. The van der Waals surface area contributed by atoms with E-state index in [1.165, 1.54) is 6.07 Å². The van der Waals surface area contributed by atoms with Gasteiger partial charge in [-0.05, 0) is 48.7 Å². The van der Waals surface area contributed by atoms with Gasteiger partial charge in [-0.25, -0.2) is 13.1 Å². The van der Waals surface area contributed by atoms with Gasteiger partial charge in [0.1, 0.15) is 0 Å². The summed E-state index contributed by atoms with van der Waals surface area (Å²) in [6.45, 7) is 0.867. The lowest BCUT2D eigenvalue weighted by molar-refractivity contribution is -0.116. The van der Waals surface area contributed by atoms with Crippen LogP contribution in [0.2, 0.25) is 0 Å². The Morgan fingerprint density at radius 3 is 2.65 bits per heavy atom. The monoisotopic (exact) mass is 373 g/mol. The molecule has 7 heteroatoms. The first-order chi connectivity index (χ1) is 12.5. The molecule has 0 aliphatic carbocycles. The number of para-hydroxylation sites is 1. The van der Waals surface area contributed by atoms with Gasteiger partial charge in [-0.1, -0.05) is 18.2 Å². The molecule has 2 aromatic rings. The summed E-state index contributed by atoms with van der Waals surface area (Å²) in [5.41, 5.74) is 2.60. The van der Waals surface area contributed by atoms with Crippen LogP contribution in [0.25, 0.3) is 0 Å². The number of sulfonamides is 1. The normalized spacial score (nSPS) is 14.3. The zero-order valence-corrected chi connectivity index (χ0v) is 15.6. The average molecular weight is 373 g/mol. The SMILES string of the molecule is CN(CCNS(=O)(=O)c1ccc2c(c1)CCCC(=O)N2)c1ccccc1. The van der Waals surface area contributed by atoms with E-state index >= 15 is 0 Å². The summed E-state index contributed by atoms with van der Waals surface area (Å²) in [4.78, 5) is 13.8. The lowest BCUT2D eigenvalue weighted by Gasteiger charge is -2.19. The highest BCUT2D eigenvalue weighted by Crippen LogP contribution is 2.25. The molecule has 1 heterocycles. The molecule has 0 bridgehead atoms. The summed E-state index contributed by atoms with van der Waals surface area (Å²) in [6, 6.07) is 14.7. The first-order valence-corrected chi connectivity index (χ1v) is 10.1. The number of amides is 1. The predicted molar refractivity (Wildman–Crippen MR) is 103 cm³/mol. The van der Waals surface area contributed by atoms with Crippen LogP contribution in [0.3, 0.4) is 0 Å². The van der Waals surface area contributed by atoms with Crippen molar-refractivity contribution in [1.82, 2.24) is 4.72 Å². The number of carbonyl (C=O) groups is 1. The number of rotatable bonds is 6. The molecule has 0 radical (unpaired) electrons. The second-order valence-electron chi connectivity index (χ2n) is 6.38. The first kappa shape index (κ1) is 18.4. The van der Waals surface area contributed by atoms with Crippen LogP contribution in [-0.2, 0) is 21.2 Å². The Morgan fingerprint density at radius 1 is 1.12 bits per heavy atom. The molecular formula is C19H23N3O3S. The minimum absolute atomic E-state index is 0.0265. The number of benzene rings is 2. The largest absolute Gasteiger partial charge is 0.373 e. The van der Waals surface area contributed by atoms with Crippen LogP contribution in [0, 0.1) is 0 Å². The molecule has 6 nitrogen and oxygen atoms in total. The fraction of sp³-hybridized carbons (Fsp3) is 0.316. The maximum absolute atomic E-state index is 12.6. The van der Waals surface area contributed by atoms with Crippen molar-refractivity contribution in [3.63, 3.8) is 0 Å². The standard InChI is InChI=1S/C19H23N3O3S/c1-22(16-7-3-2-4-8-16)13-12-20-26(24,25)17-10-11-18-15(14-17)6-5-9-19(23)21-18/h2-4,7-8,10-11,14,20H,5-6,9,12-13H2,1H3,(H,21,23). The van der Waals surface area contributed by atoms with E-state index < -0.39 is 10.0 Å². The van der Waals surface area contributed by atoms with Crippen LogP contribution in [0.15, 0.2) is 53.4 Å². The third kappa shape index (κ3) is 4.42. The van der Waals surface area contributed by atoms with Gasteiger partial charge >= 0.3 is 0 Å². The van der Waals surface area contributed by atoms with E-state index in [0.29, 0.717) is 31.6 Å². The van der Waals surface area contributed by atoms with Crippen molar-refractivity contribution >= 4 is 27.3 Å². The summed E-state index contributed by atoms with van der Waals surface area (Å²) >= 11 is 0. The van der Waals surface area contributed by atoms with Crippen LogP contribution < -0.4 is 14.9 Å². The van der Waals surface area contributed by atoms with Gasteiger partial charge in [0.15, 0.2) is 0 Å². The van der Waals surface area contributed by atoms with Crippen LogP contribution >= 0.6 is 0 Å². The Kier molecular flexibility index (Phi) is 5.58. The maximum atomic E-state index is 12.6. The van der Waals surface area contributed by atoms with E-state index in [2.05, 4.69) is 10.0 Å². The summed E-state index contributed by atoms with van der Waals surface area (Å²) in [5, 5.41) is 2.82. The topological polar surface area (TPSA) is 78.5 Å². The van der Waals surface area contributed by atoms with Crippen molar-refractivity contribution < 1.29 is 13.2 Å². The molecule has 0 aromatic heterocycles. The molecule has 3 rings (SSSR count). The molecule has 0 unspecified atom stereocenters. The Morgan fingerprint density at radius 2 is 1.88 bits per heavy atom. The quantitative estimate of drug-likeness (QED) is 0.815. The van der Waals surface area contributed by atoms with E-state index in [0.717, 1.165) is 17.7 Å². The number of nitrogens with one attached hydrogen (secondary N) is 2. The van der Waals surface area contributed by atoms with Crippen molar-refractivity contribution in [2.75, 3.05) is 30.4 Å². The van der Waals surface area contributed by atoms with E-state index in [1.54, 1.807) is 12.1 Å². The van der Waals surface area contributed by atoms with Gasteiger partial charge in [-0.3, -0.25) is 4.79 Å². The van der Waals surface area contributed by atoms with Crippen LogP contribution in [0.1, 0.15) is 18.4 Å². The molecule has 0 spiro atoms. The van der Waals surface area contributed by atoms with Gasteiger partial charge in [0.2, 0.25) is 15.9 Å². The minimum Gasteiger partial charge on any atom is -0.373 e. The number of anilines is 2. The molecule has 26 heavy (non-hydrogen) atoms. The fourth-order valence-electron chi connectivity index (χ4n) is 2.96. The van der Waals surface area contributed by atoms with Crippen LogP contribution in [-0.4, -0.2) is 34.5 Å². The predicted octanol–water partition coefficient (Wildman–Crippen LogP) is 2.38. The number of carbonyl (C=O) groups excluding carboxylic acids is 1. The van der Waals surface area contributed by atoms with Crippen LogP contribution in [0.4, 0.5) is 11.4 Å². The second kappa shape index (κ2) is 7.88. The van der Waals surface area contributed by atoms with Crippen molar-refractivity contribution in [2.24, 2.45) is 0 Å². The fourth-order valence-corrected chi connectivity index (χ4v) is 4.03. The van der Waals surface area contributed by atoms with E-state index in [9.17, 15) is 13.2 Å². The Hall–Kier alpha value is -2.38. The number of likely N-dealkylation sites (N-methyl/N-ethyl adjacent to an activating group) is 1. The molecule has 2 aromatic carbocycles. The molecule has 0 fully saturated rings. The minimum atomic E-state index is -3.59. The Labute approximate surface area is 154 Å². The molecule has 1 aliphatic rings. The molecule has 1 amide bonds. The number of nitrogens with zero attached hydrogens (tertiary/aromatic N) is 1. The molecule has 2 N–H and O–H groups in total. The Balaban J connectivity index is 1.65. The van der Waals surface area contributed by atoms with Crippen molar-refractivity contribution in [3.05, 3.63) is 54.1 Å². The number of fused-ring (bicyclic) bond motifs is 1. The van der Waals surface area contributed by atoms with Gasteiger partial charge in [-0.2, -0.15) is 0 Å². The summed E-state index contributed by atoms with van der Waals surface area (Å²) in [6.07, 6.45) is 1.87. The van der Waals surface area contributed by atoms with Gasteiger partial charge in [0, 0.05) is 37.9 Å². The van der Waals surface area contributed by atoms with E-state index in [1.807, 2.05) is 42.3 Å². The highest BCUT2D eigenvalue weighted by atomic mass is 32.2. The highest BCUT2D eigenvalue weighted by Gasteiger charge is 2.18. The van der Waals surface area contributed by atoms with Crippen molar-refractivity contribution in [2.45, 2.75) is 24.2 Å². The van der Waals surface area contributed by atoms with Gasteiger partial charge in [0.25, 0.3) is 0 Å². The number of aryl methyl sites for hydroxylation is 1. The van der Waals surface area contributed by atoms with Crippen molar-refractivity contribution in [1.29, 1.82) is 0 Å². The molecule has 1 aliphatic heterocycles. The third-order valence-corrected chi connectivity index (χ3v) is 5.91. The van der Waals surface area contributed by atoms with Gasteiger partial charge < -0.3 is 10.2 Å². The van der Waals surface area contributed by atoms with Crippen molar-refractivity contribution in [3.8, 4) is 0 Å². The van der Waals surface area contributed by atoms with E-state index in [4.69, 9.17) is 0 Å². The smallest absolute Gasteiger partial charge is 0.240 e. The summed E-state index contributed by atoms with van der Waals surface area (Å²) in [5.74, 6) is -0.0265. The maximum Gasteiger partial charge on any atom is 0.240 e. The summed E-state index contributed by atoms with van der Waals surface area (Å²) in [7, 11) is -1.66. The molecular weight excluding hydrogens is 350 g/mol. The van der Waals surface area contributed by atoms with Crippen LogP contribution in [0.5, 0.6) is 0 Å². The average Bonchev–Trinajstić information content (AvgIpc) is 2.82.